The molecule has 1 aliphatic heterocycles. The summed E-state index contributed by atoms with van der Waals surface area (Å²) >= 11 is 0. The lowest BCUT2D eigenvalue weighted by Gasteiger charge is -2.30. The van der Waals surface area contributed by atoms with E-state index in [1.807, 2.05) is 4.90 Å². The van der Waals surface area contributed by atoms with E-state index in [4.69, 9.17) is 5.11 Å². The highest BCUT2D eigenvalue weighted by Gasteiger charge is 2.21. The van der Waals surface area contributed by atoms with E-state index in [0.717, 1.165) is 25.9 Å². The Bertz CT molecular complexity index is 507. The van der Waals surface area contributed by atoms with Gasteiger partial charge in [0.25, 0.3) is 5.91 Å². The zero-order valence-corrected chi connectivity index (χ0v) is 12.4. The van der Waals surface area contributed by atoms with E-state index in [1.165, 1.54) is 13.1 Å². The van der Waals surface area contributed by atoms with Crippen molar-refractivity contribution in [1.29, 1.82) is 0 Å². The number of hydrogen-bond donors (Lipinski definition) is 2. The van der Waals surface area contributed by atoms with Crippen molar-refractivity contribution in [2.45, 2.75) is 32.7 Å². The first-order chi connectivity index (χ1) is 9.97. The molecule has 1 unspecified atom stereocenters. The van der Waals surface area contributed by atoms with Gasteiger partial charge < -0.3 is 15.3 Å². The minimum Gasteiger partial charge on any atom is -0.480 e. The quantitative estimate of drug-likeness (QED) is 0.884. The lowest BCUT2D eigenvalue weighted by Crippen LogP contribution is -2.37. The molecule has 1 amide bonds. The molecule has 0 spiro atoms. The highest BCUT2D eigenvalue weighted by molar-refractivity contribution is 5.94. The van der Waals surface area contributed by atoms with Crippen LogP contribution in [-0.4, -0.2) is 46.0 Å². The summed E-state index contributed by atoms with van der Waals surface area (Å²) in [5, 5.41) is 11.6. The van der Waals surface area contributed by atoms with Crippen LogP contribution in [0, 0.1) is 5.92 Å². The summed E-state index contributed by atoms with van der Waals surface area (Å²) in [7, 11) is 0. The van der Waals surface area contributed by atoms with Crippen LogP contribution in [0.3, 0.4) is 0 Å². The molecule has 6 nitrogen and oxygen atoms in total. The normalized spacial score (nSPS) is 17.3. The Labute approximate surface area is 124 Å². The number of nitrogens with zero attached hydrogens (tertiary/aromatic N) is 2. The molecule has 1 fully saturated rings. The van der Waals surface area contributed by atoms with Gasteiger partial charge in [0, 0.05) is 19.3 Å². The third kappa shape index (κ3) is 3.93. The van der Waals surface area contributed by atoms with Crippen LogP contribution < -0.4 is 5.32 Å². The van der Waals surface area contributed by atoms with Crippen LogP contribution in [0.2, 0.25) is 0 Å². The summed E-state index contributed by atoms with van der Waals surface area (Å²) in [6.45, 7) is 5.32. The van der Waals surface area contributed by atoms with Gasteiger partial charge in [0.05, 0.1) is 5.56 Å². The molecule has 6 heteroatoms. The number of aliphatic carboxylic acids is 1. The predicted molar refractivity (Wildman–Crippen MR) is 79.3 cm³/mol. The number of likely N-dealkylation sites (tertiary alicyclic amines) is 1. The summed E-state index contributed by atoms with van der Waals surface area (Å²) in [6.07, 6.45) is 3.57. The van der Waals surface area contributed by atoms with Crippen molar-refractivity contribution < 1.29 is 14.7 Å². The van der Waals surface area contributed by atoms with Gasteiger partial charge in [0.15, 0.2) is 0 Å². The maximum Gasteiger partial charge on any atom is 0.325 e. The first kappa shape index (κ1) is 15.3. The molecule has 1 aliphatic rings. The first-order valence-electron chi connectivity index (χ1n) is 7.22. The molecule has 0 aromatic carbocycles. The van der Waals surface area contributed by atoms with Crippen molar-refractivity contribution in [3.05, 3.63) is 23.9 Å². The number of carbonyl (C=O) groups excluding carboxylic acids is 1. The summed E-state index contributed by atoms with van der Waals surface area (Å²) in [5.74, 6) is 0.177. The van der Waals surface area contributed by atoms with Crippen LogP contribution in [0.5, 0.6) is 0 Å². The molecule has 0 radical (unpaired) electrons. The van der Waals surface area contributed by atoms with E-state index in [2.05, 4.69) is 17.2 Å². The molecule has 114 valence electrons. The van der Waals surface area contributed by atoms with E-state index in [-0.39, 0.29) is 5.91 Å². The van der Waals surface area contributed by atoms with Crippen LogP contribution in [0.4, 0.5) is 5.82 Å². The molecule has 21 heavy (non-hydrogen) atoms. The smallest absolute Gasteiger partial charge is 0.325 e. The fourth-order valence-corrected chi connectivity index (χ4v) is 2.28. The van der Waals surface area contributed by atoms with Crippen LogP contribution in [0.15, 0.2) is 18.3 Å². The van der Waals surface area contributed by atoms with Crippen molar-refractivity contribution in [1.82, 2.24) is 9.88 Å². The monoisotopic (exact) mass is 291 g/mol. The zero-order chi connectivity index (χ0) is 15.4. The number of anilines is 1. The molecular formula is C15H21N3O3. The Morgan fingerprint density at radius 2 is 2.05 bits per heavy atom. The van der Waals surface area contributed by atoms with E-state index in [9.17, 15) is 9.59 Å². The molecule has 0 saturated carbocycles. The first-order valence-corrected chi connectivity index (χ1v) is 7.22. The maximum absolute atomic E-state index is 12.3. The number of rotatable bonds is 4. The molecule has 2 N–H and O–H groups in total. The number of amides is 1. The van der Waals surface area contributed by atoms with E-state index >= 15 is 0 Å². The van der Waals surface area contributed by atoms with Crippen LogP contribution in [0.25, 0.3) is 0 Å². The highest BCUT2D eigenvalue weighted by atomic mass is 16.4. The lowest BCUT2D eigenvalue weighted by molar-refractivity contribution is -0.137. The number of aromatic nitrogens is 1. The number of hydrogen-bond acceptors (Lipinski definition) is 4. The van der Waals surface area contributed by atoms with Gasteiger partial charge in [-0.2, -0.15) is 0 Å². The van der Waals surface area contributed by atoms with Gasteiger partial charge in [0.1, 0.15) is 11.9 Å². The second-order valence-corrected chi connectivity index (χ2v) is 5.61. The number of carboxylic acids is 1. The average molecular weight is 291 g/mol. The summed E-state index contributed by atoms with van der Waals surface area (Å²) in [6, 6.07) is 2.60. The van der Waals surface area contributed by atoms with Crippen molar-refractivity contribution in [2.24, 2.45) is 5.92 Å². The summed E-state index contributed by atoms with van der Waals surface area (Å²) in [4.78, 5) is 29.0. The number of pyridine rings is 1. The SMILES string of the molecule is CC1CCN(C(=O)c2ccc(NC(C)C(=O)O)nc2)CC1. The largest absolute Gasteiger partial charge is 0.480 e. The van der Waals surface area contributed by atoms with Gasteiger partial charge in [-0.3, -0.25) is 9.59 Å². The van der Waals surface area contributed by atoms with Crippen molar-refractivity contribution in [2.75, 3.05) is 18.4 Å². The van der Waals surface area contributed by atoms with Crippen LogP contribution in [-0.2, 0) is 4.79 Å². The van der Waals surface area contributed by atoms with E-state index in [1.54, 1.807) is 12.1 Å². The highest BCUT2D eigenvalue weighted by Crippen LogP contribution is 2.18. The van der Waals surface area contributed by atoms with Crippen LogP contribution in [0.1, 0.15) is 37.0 Å². The Morgan fingerprint density at radius 3 is 2.57 bits per heavy atom. The second-order valence-electron chi connectivity index (χ2n) is 5.61. The van der Waals surface area contributed by atoms with Gasteiger partial charge in [-0.05, 0) is 37.8 Å². The van der Waals surface area contributed by atoms with Gasteiger partial charge in [-0.1, -0.05) is 6.92 Å². The lowest BCUT2D eigenvalue weighted by atomic mass is 9.99. The molecule has 1 aromatic rings. The average Bonchev–Trinajstić information content (AvgIpc) is 2.48. The predicted octanol–water partition coefficient (Wildman–Crippen LogP) is 1.84. The van der Waals surface area contributed by atoms with Gasteiger partial charge in [-0.25, -0.2) is 4.98 Å². The zero-order valence-electron chi connectivity index (χ0n) is 12.4. The topological polar surface area (TPSA) is 82.5 Å². The fourth-order valence-electron chi connectivity index (χ4n) is 2.28. The van der Waals surface area contributed by atoms with Gasteiger partial charge in [0.2, 0.25) is 0 Å². The minimum absolute atomic E-state index is 0.00719. The number of piperidine rings is 1. The maximum atomic E-state index is 12.3. The summed E-state index contributed by atoms with van der Waals surface area (Å²) < 4.78 is 0. The van der Waals surface area contributed by atoms with Gasteiger partial charge in [-0.15, -0.1) is 0 Å². The van der Waals surface area contributed by atoms with Crippen LogP contribution >= 0.6 is 0 Å². The standard InChI is InChI=1S/C15H21N3O3/c1-10-5-7-18(8-6-10)14(19)12-3-4-13(16-9-12)17-11(2)15(20)21/h3-4,9-11H,5-8H2,1-2H3,(H,16,17)(H,20,21). The molecule has 1 aromatic heterocycles. The Morgan fingerprint density at radius 1 is 1.38 bits per heavy atom. The van der Waals surface area contributed by atoms with Crippen molar-refractivity contribution in [3.8, 4) is 0 Å². The number of carboxylic acid groups (broad SMARTS) is 1. The molecule has 0 bridgehead atoms. The van der Waals surface area contributed by atoms with E-state index < -0.39 is 12.0 Å². The minimum atomic E-state index is -0.945. The Balaban J connectivity index is 1.98. The number of carbonyl (C=O) groups is 2. The molecule has 2 heterocycles. The van der Waals surface area contributed by atoms with Gasteiger partial charge >= 0.3 is 5.97 Å². The Kier molecular flexibility index (Phi) is 4.77. The third-order valence-electron chi connectivity index (χ3n) is 3.82. The molecular weight excluding hydrogens is 270 g/mol. The third-order valence-corrected chi connectivity index (χ3v) is 3.82. The Hall–Kier alpha value is -2.11. The molecule has 2 rings (SSSR count). The number of nitrogens with one attached hydrogen (secondary N) is 1. The molecule has 1 atom stereocenters. The van der Waals surface area contributed by atoms with Crippen molar-refractivity contribution in [3.63, 3.8) is 0 Å². The second kappa shape index (κ2) is 6.56. The molecule has 1 saturated heterocycles. The fraction of sp³-hybridized carbons (Fsp3) is 0.533. The summed E-state index contributed by atoms with van der Waals surface area (Å²) in [5.41, 5.74) is 0.540. The van der Waals surface area contributed by atoms with E-state index in [0.29, 0.717) is 17.3 Å². The van der Waals surface area contributed by atoms with Crippen molar-refractivity contribution >= 4 is 17.7 Å². The molecule has 0 aliphatic carbocycles.